The molecule has 11 nitrogen and oxygen atoms in total. The van der Waals surface area contributed by atoms with Crippen LogP contribution in [0.1, 0.15) is 48.7 Å². The van der Waals surface area contributed by atoms with Gasteiger partial charge in [-0.05, 0) is 61.9 Å². The van der Waals surface area contributed by atoms with Crippen LogP contribution < -0.4 is 21.3 Å². The van der Waals surface area contributed by atoms with Gasteiger partial charge >= 0.3 is 6.03 Å². The molecular weight excluding hydrogens is 496 g/mol. The maximum Gasteiger partial charge on any atom is 0.320 e. The number of benzene rings is 1. The Hall–Kier alpha value is -3.44. The average molecular weight is 535 g/mol. The summed E-state index contributed by atoms with van der Waals surface area (Å²) in [6.07, 6.45) is 5.71. The number of carbonyl (C=O) groups excluding carboxylic acids is 2. The van der Waals surface area contributed by atoms with Crippen LogP contribution >= 0.6 is 0 Å². The van der Waals surface area contributed by atoms with Crippen LogP contribution in [0.3, 0.4) is 0 Å². The van der Waals surface area contributed by atoms with Crippen molar-refractivity contribution in [3.05, 3.63) is 41.7 Å². The van der Waals surface area contributed by atoms with Gasteiger partial charge in [-0.15, -0.1) is 0 Å². The monoisotopic (exact) mass is 534 g/mol. The molecular formula is C28H38N8O3. The summed E-state index contributed by atoms with van der Waals surface area (Å²) < 4.78 is 5.29. The molecule has 6 rings (SSSR count). The van der Waals surface area contributed by atoms with Gasteiger partial charge in [-0.25, -0.2) is 14.8 Å². The van der Waals surface area contributed by atoms with Gasteiger partial charge in [0.1, 0.15) is 5.82 Å². The lowest BCUT2D eigenvalue weighted by Gasteiger charge is -2.39. The Kier molecular flexibility index (Phi) is 7.03. The van der Waals surface area contributed by atoms with Crippen molar-refractivity contribution in [2.45, 2.75) is 50.1 Å². The number of ether oxygens (including phenoxy) is 1. The van der Waals surface area contributed by atoms with E-state index >= 15 is 0 Å². The smallest absolute Gasteiger partial charge is 0.320 e. The first-order valence-corrected chi connectivity index (χ1v) is 14.1. The minimum Gasteiger partial charge on any atom is -0.377 e. The molecule has 0 spiro atoms. The molecule has 0 saturated carbocycles. The Morgan fingerprint density at radius 2 is 1.82 bits per heavy atom. The molecule has 4 fully saturated rings. The van der Waals surface area contributed by atoms with Crippen molar-refractivity contribution in [2.24, 2.45) is 5.73 Å². The number of primary amides is 1. The zero-order chi connectivity index (χ0) is 27.0. The largest absolute Gasteiger partial charge is 0.377 e. The molecule has 5 heterocycles. The second kappa shape index (κ2) is 10.6. The Morgan fingerprint density at radius 1 is 1.10 bits per heavy atom. The van der Waals surface area contributed by atoms with Crippen LogP contribution in [0.5, 0.6) is 0 Å². The van der Waals surface area contributed by atoms with Gasteiger partial charge < -0.3 is 35.8 Å². The number of piperidine rings is 2. The van der Waals surface area contributed by atoms with Gasteiger partial charge in [0.05, 0.1) is 31.5 Å². The predicted octanol–water partition coefficient (Wildman–Crippen LogP) is 2.07. The van der Waals surface area contributed by atoms with Crippen LogP contribution in [0, 0.1) is 0 Å². The summed E-state index contributed by atoms with van der Waals surface area (Å²) in [7, 11) is 0. The number of hydrogen-bond donors (Lipinski definition) is 3. The third-order valence-corrected chi connectivity index (χ3v) is 8.84. The lowest BCUT2D eigenvalue weighted by Crippen LogP contribution is -2.53. The van der Waals surface area contributed by atoms with E-state index < -0.39 is 5.91 Å². The number of nitrogens with one attached hydrogen (secondary N) is 2. The molecule has 4 aliphatic rings. The SMILES string of the molecule is CC1(c2ccc(Nc3nc(N4CCCC(N5CCN(C6COC6)C5=O)C4)cnc3C(N)=O)cc2)CCNCC1. The number of nitrogens with zero attached hydrogens (tertiary/aromatic N) is 5. The lowest BCUT2D eigenvalue weighted by molar-refractivity contribution is -0.0444. The van der Waals surface area contributed by atoms with Crippen molar-refractivity contribution in [1.82, 2.24) is 25.1 Å². The third kappa shape index (κ3) is 5.12. The zero-order valence-electron chi connectivity index (χ0n) is 22.6. The minimum atomic E-state index is -0.630. The summed E-state index contributed by atoms with van der Waals surface area (Å²) in [5.41, 5.74) is 8.05. The predicted molar refractivity (Wildman–Crippen MR) is 148 cm³/mol. The molecule has 1 atom stereocenters. The molecule has 4 saturated heterocycles. The number of rotatable bonds is 7. The van der Waals surface area contributed by atoms with Crippen LogP contribution in [-0.4, -0.2) is 96.3 Å². The molecule has 39 heavy (non-hydrogen) atoms. The average Bonchev–Trinajstić information content (AvgIpc) is 3.29. The van der Waals surface area contributed by atoms with Gasteiger partial charge in [0, 0.05) is 31.9 Å². The van der Waals surface area contributed by atoms with Crippen LogP contribution in [0.25, 0.3) is 0 Å². The highest BCUT2D eigenvalue weighted by Crippen LogP contribution is 2.34. The Morgan fingerprint density at radius 3 is 2.49 bits per heavy atom. The first-order chi connectivity index (χ1) is 18.9. The van der Waals surface area contributed by atoms with E-state index in [1.807, 2.05) is 21.9 Å². The number of nitrogens with two attached hydrogens (primary N) is 1. The first kappa shape index (κ1) is 25.8. The Bertz CT molecular complexity index is 1210. The zero-order valence-corrected chi connectivity index (χ0v) is 22.6. The summed E-state index contributed by atoms with van der Waals surface area (Å²) in [5.74, 6) is 0.382. The standard InChI is InChI=1S/C28H38N8O3/c1-28(8-10-30-11-9-28)19-4-6-20(7-5-19)32-26-24(25(29)37)31-15-23(33-26)34-12-2-3-21(16-34)35-13-14-36(27(35)38)22-17-39-18-22/h4-7,15,21-22,30H,2-3,8-14,16-18H2,1H3,(H2,29,37)(H,32,33). The van der Waals surface area contributed by atoms with Gasteiger partial charge in [-0.1, -0.05) is 19.1 Å². The van der Waals surface area contributed by atoms with Crippen molar-refractivity contribution in [1.29, 1.82) is 0 Å². The normalized spacial score (nSPS) is 23.6. The second-order valence-electron chi connectivity index (χ2n) is 11.4. The molecule has 208 valence electrons. The molecule has 1 aromatic carbocycles. The fourth-order valence-corrected chi connectivity index (χ4v) is 6.23. The fourth-order valence-electron chi connectivity index (χ4n) is 6.23. The number of carbonyl (C=O) groups is 2. The molecule has 2 aromatic rings. The fraction of sp³-hybridized carbons (Fsp3) is 0.571. The van der Waals surface area contributed by atoms with Crippen LogP contribution in [-0.2, 0) is 10.2 Å². The van der Waals surface area contributed by atoms with E-state index in [9.17, 15) is 9.59 Å². The molecule has 4 N–H and O–H groups in total. The van der Waals surface area contributed by atoms with Gasteiger partial charge in [-0.3, -0.25) is 4.79 Å². The highest BCUT2D eigenvalue weighted by molar-refractivity contribution is 5.96. The number of urea groups is 1. The molecule has 0 aliphatic carbocycles. The van der Waals surface area contributed by atoms with E-state index in [2.05, 4.69) is 39.6 Å². The molecule has 0 bridgehead atoms. The minimum absolute atomic E-state index is 0.106. The van der Waals surface area contributed by atoms with Gasteiger partial charge in [-0.2, -0.15) is 0 Å². The number of amides is 3. The second-order valence-corrected chi connectivity index (χ2v) is 11.4. The molecule has 11 heteroatoms. The third-order valence-electron chi connectivity index (χ3n) is 8.84. The Balaban J connectivity index is 1.17. The van der Waals surface area contributed by atoms with Crippen LogP contribution in [0.2, 0.25) is 0 Å². The van der Waals surface area contributed by atoms with E-state index in [0.717, 1.165) is 64.1 Å². The van der Waals surface area contributed by atoms with E-state index in [0.29, 0.717) is 31.4 Å². The van der Waals surface area contributed by atoms with Gasteiger partial charge in [0.2, 0.25) is 0 Å². The van der Waals surface area contributed by atoms with Crippen molar-refractivity contribution in [3.8, 4) is 0 Å². The number of hydrogen-bond acceptors (Lipinski definition) is 8. The molecule has 0 radical (unpaired) electrons. The van der Waals surface area contributed by atoms with Crippen molar-refractivity contribution in [3.63, 3.8) is 0 Å². The van der Waals surface area contributed by atoms with E-state index in [1.165, 1.54) is 5.56 Å². The first-order valence-electron chi connectivity index (χ1n) is 14.1. The number of aromatic nitrogens is 2. The van der Waals surface area contributed by atoms with Crippen LogP contribution in [0.4, 0.5) is 22.1 Å². The summed E-state index contributed by atoms with van der Waals surface area (Å²) in [4.78, 5) is 40.6. The highest BCUT2D eigenvalue weighted by Gasteiger charge is 2.41. The van der Waals surface area contributed by atoms with E-state index in [1.54, 1.807) is 6.20 Å². The molecule has 3 amide bonds. The van der Waals surface area contributed by atoms with Crippen molar-refractivity contribution < 1.29 is 14.3 Å². The Labute approximate surface area is 229 Å². The van der Waals surface area contributed by atoms with Crippen LogP contribution in [0.15, 0.2) is 30.5 Å². The van der Waals surface area contributed by atoms with Crippen molar-refractivity contribution >= 4 is 29.3 Å². The maximum absolute atomic E-state index is 13.1. The molecule has 4 aliphatic heterocycles. The lowest BCUT2D eigenvalue weighted by atomic mass is 9.75. The molecule has 1 unspecified atom stereocenters. The van der Waals surface area contributed by atoms with Gasteiger partial charge in [0.25, 0.3) is 5.91 Å². The summed E-state index contributed by atoms with van der Waals surface area (Å²) >= 11 is 0. The maximum atomic E-state index is 13.1. The molecule has 1 aromatic heterocycles. The topological polar surface area (TPSA) is 129 Å². The van der Waals surface area contributed by atoms with E-state index in [4.69, 9.17) is 15.5 Å². The number of anilines is 3. The quantitative estimate of drug-likeness (QED) is 0.493. The highest BCUT2D eigenvalue weighted by atomic mass is 16.5. The summed E-state index contributed by atoms with van der Waals surface area (Å²) in [6.45, 7) is 8.60. The van der Waals surface area contributed by atoms with Gasteiger partial charge in [0.15, 0.2) is 11.5 Å². The van der Waals surface area contributed by atoms with E-state index in [-0.39, 0.29) is 29.2 Å². The summed E-state index contributed by atoms with van der Waals surface area (Å²) in [5, 5.41) is 6.72. The van der Waals surface area contributed by atoms with Crippen molar-refractivity contribution in [2.75, 3.05) is 62.7 Å². The summed E-state index contributed by atoms with van der Waals surface area (Å²) in [6, 6.07) is 8.77.